The number of rotatable bonds is 4. The Labute approximate surface area is 155 Å². The highest BCUT2D eigenvalue weighted by molar-refractivity contribution is 7.88. The van der Waals surface area contributed by atoms with Gasteiger partial charge in [0.25, 0.3) is 0 Å². The Morgan fingerprint density at radius 2 is 1.92 bits per heavy atom. The average molecular weight is 375 g/mol. The van der Waals surface area contributed by atoms with Crippen LogP contribution in [-0.4, -0.2) is 59.3 Å². The molecule has 2 aliphatic rings. The first-order valence-electron chi connectivity index (χ1n) is 9.11. The highest BCUT2D eigenvalue weighted by atomic mass is 32.2. The van der Waals surface area contributed by atoms with Gasteiger partial charge in [0.15, 0.2) is 0 Å². The molecule has 0 saturated carbocycles. The molecule has 2 aliphatic heterocycles. The molecule has 2 fully saturated rings. The van der Waals surface area contributed by atoms with Crippen molar-refractivity contribution in [2.24, 2.45) is 7.05 Å². The van der Waals surface area contributed by atoms with Gasteiger partial charge < -0.3 is 0 Å². The Balaban J connectivity index is 1.64. The Morgan fingerprint density at radius 1 is 1.19 bits per heavy atom. The molecule has 0 N–H and O–H groups in total. The smallest absolute Gasteiger partial charge is 0.211 e. The predicted octanol–water partition coefficient (Wildman–Crippen LogP) is 1.60. The molecule has 2 atom stereocenters. The van der Waals surface area contributed by atoms with Crippen LogP contribution in [0.25, 0.3) is 0 Å². The summed E-state index contributed by atoms with van der Waals surface area (Å²) in [6, 6.07) is 10.5. The Morgan fingerprint density at radius 3 is 2.58 bits per heavy atom. The van der Waals surface area contributed by atoms with Gasteiger partial charge in [0.1, 0.15) is 0 Å². The van der Waals surface area contributed by atoms with Crippen LogP contribution < -0.4 is 0 Å². The summed E-state index contributed by atoms with van der Waals surface area (Å²) >= 11 is 0. The number of hydrogen-bond acceptors (Lipinski definition) is 4. The summed E-state index contributed by atoms with van der Waals surface area (Å²) in [6.07, 6.45) is 7.14. The zero-order valence-electron chi connectivity index (χ0n) is 15.4. The lowest BCUT2D eigenvalue weighted by molar-refractivity contribution is 0.110. The summed E-state index contributed by atoms with van der Waals surface area (Å²) in [7, 11) is -1.30. The van der Waals surface area contributed by atoms with E-state index in [1.165, 1.54) is 17.4 Å². The molecule has 0 bridgehead atoms. The third kappa shape index (κ3) is 3.08. The van der Waals surface area contributed by atoms with Crippen molar-refractivity contribution in [3.63, 3.8) is 0 Å². The van der Waals surface area contributed by atoms with Crippen LogP contribution in [0.15, 0.2) is 42.7 Å². The lowest BCUT2D eigenvalue weighted by Crippen LogP contribution is -2.56. The van der Waals surface area contributed by atoms with Gasteiger partial charge in [-0.05, 0) is 24.9 Å². The van der Waals surface area contributed by atoms with Crippen molar-refractivity contribution in [2.45, 2.75) is 30.8 Å². The zero-order chi connectivity index (χ0) is 18.4. The summed E-state index contributed by atoms with van der Waals surface area (Å²) in [6.45, 7) is 3.15. The van der Waals surface area contributed by atoms with Gasteiger partial charge in [0, 0.05) is 49.9 Å². The largest absolute Gasteiger partial charge is 0.297 e. The number of hydrogen-bond donors (Lipinski definition) is 0. The fourth-order valence-corrected chi connectivity index (χ4v) is 5.92. The molecule has 0 unspecified atom stereocenters. The van der Waals surface area contributed by atoms with E-state index < -0.39 is 10.0 Å². The molecule has 1 aromatic carbocycles. The van der Waals surface area contributed by atoms with Crippen LogP contribution in [0, 0.1) is 0 Å². The fourth-order valence-electron chi connectivity index (χ4n) is 4.76. The molecule has 6 nitrogen and oxygen atoms in total. The van der Waals surface area contributed by atoms with E-state index in [1.54, 1.807) is 4.31 Å². The number of benzene rings is 1. The second kappa shape index (κ2) is 6.48. The van der Waals surface area contributed by atoms with Gasteiger partial charge in [-0.15, -0.1) is 0 Å². The highest BCUT2D eigenvalue weighted by Gasteiger charge is 2.53. The molecule has 0 aliphatic carbocycles. The molecule has 0 amide bonds. The van der Waals surface area contributed by atoms with E-state index in [0.717, 1.165) is 32.5 Å². The van der Waals surface area contributed by atoms with E-state index in [-0.39, 0.29) is 11.5 Å². The maximum atomic E-state index is 12.4. The van der Waals surface area contributed by atoms with Crippen LogP contribution in [0.4, 0.5) is 0 Å². The number of likely N-dealkylation sites (tertiary alicyclic amines) is 1. The van der Waals surface area contributed by atoms with Gasteiger partial charge in [0.2, 0.25) is 10.0 Å². The van der Waals surface area contributed by atoms with Crippen molar-refractivity contribution in [1.82, 2.24) is 19.0 Å². The van der Waals surface area contributed by atoms with Gasteiger partial charge in [-0.1, -0.05) is 30.3 Å². The van der Waals surface area contributed by atoms with Crippen LogP contribution in [0.3, 0.4) is 0 Å². The molecule has 0 radical (unpaired) electrons. The first kappa shape index (κ1) is 17.7. The Bertz CT molecular complexity index is 880. The maximum Gasteiger partial charge on any atom is 0.211 e. The summed E-state index contributed by atoms with van der Waals surface area (Å²) in [5.74, 6) is 0. The van der Waals surface area contributed by atoms with E-state index in [0.29, 0.717) is 6.54 Å². The molecule has 2 aromatic rings. The van der Waals surface area contributed by atoms with E-state index in [4.69, 9.17) is 0 Å². The number of sulfonamides is 1. The number of aryl methyl sites for hydroxylation is 1. The van der Waals surface area contributed by atoms with Gasteiger partial charge in [-0.3, -0.25) is 9.58 Å². The summed E-state index contributed by atoms with van der Waals surface area (Å²) < 4.78 is 28.4. The normalized spacial score (nSPS) is 27.5. The van der Waals surface area contributed by atoms with Crippen molar-refractivity contribution >= 4 is 10.0 Å². The lowest BCUT2D eigenvalue weighted by Gasteiger charge is -2.46. The maximum absolute atomic E-state index is 12.4. The minimum atomic E-state index is -3.22. The van der Waals surface area contributed by atoms with Crippen molar-refractivity contribution in [1.29, 1.82) is 0 Å². The van der Waals surface area contributed by atoms with Gasteiger partial charge in [-0.2, -0.15) is 9.40 Å². The predicted molar refractivity (Wildman–Crippen MR) is 101 cm³/mol. The molecule has 0 spiro atoms. The van der Waals surface area contributed by atoms with Crippen LogP contribution in [0.2, 0.25) is 0 Å². The van der Waals surface area contributed by atoms with E-state index in [1.807, 2.05) is 30.2 Å². The molecular weight excluding hydrogens is 348 g/mol. The van der Waals surface area contributed by atoms with Crippen molar-refractivity contribution < 1.29 is 8.42 Å². The Kier molecular flexibility index (Phi) is 4.41. The first-order chi connectivity index (χ1) is 12.4. The third-order valence-electron chi connectivity index (χ3n) is 6.01. The molecule has 1 aromatic heterocycles. The number of fused-ring (bicyclic) bond motifs is 1. The zero-order valence-corrected chi connectivity index (χ0v) is 16.2. The molecule has 4 rings (SSSR count). The standard InChI is InChI=1S/C19H26N4O2S/c1-21-13-16(12-20-21)14-22-10-8-19(17-6-4-3-5-7-17)9-11-23(18(19)15-22)26(2,24)25/h3-7,12-13,18H,8-11,14-15H2,1-2H3/t18-,19+/m0/s1. The number of piperidine rings is 1. The third-order valence-corrected chi connectivity index (χ3v) is 7.30. The second-order valence-corrected chi connectivity index (χ2v) is 9.60. The molecule has 2 saturated heterocycles. The number of aromatic nitrogens is 2. The van der Waals surface area contributed by atoms with E-state index >= 15 is 0 Å². The monoisotopic (exact) mass is 374 g/mol. The minimum absolute atomic E-state index is 0.00896. The number of nitrogens with zero attached hydrogens (tertiary/aromatic N) is 4. The quantitative estimate of drug-likeness (QED) is 0.816. The van der Waals surface area contributed by atoms with Gasteiger partial charge in [0.05, 0.1) is 12.5 Å². The van der Waals surface area contributed by atoms with Crippen LogP contribution in [0.5, 0.6) is 0 Å². The van der Waals surface area contributed by atoms with Crippen molar-refractivity contribution in [3.8, 4) is 0 Å². The fraction of sp³-hybridized carbons (Fsp3) is 0.526. The van der Waals surface area contributed by atoms with E-state index in [2.05, 4.69) is 34.3 Å². The summed E-state index contributed by atoms with van der Waals surface area (Å²) in [4.78, 5) is 2.37. The summed E-state index contributed by atoms with van der Waals surface area (Å²) in [5.41, 5.74) is 2.37. The van der Waals surface area contributed by atoms with E-state index in [9.17, 15) is 8.42 Å². The van der Waals surface area contributed by atoms with Crippen LogP contribution in [0.1, 0.15) is 24.0 Å². The van der Waals surface area contributed by atoms with Gasteiger partial charge in [-0.25, -0.2) is 8.42 Å². The molecule has 26 heavy (non-hydrogen) atoms. The average Bonchev–Trinajstić information content (AvgIpc) is 3.19. The molecule has 3 heterocycles. The lowest BCUT2D eigenvalue weighted by atomic mass is 9.69. The first-order valence-corrected chi connectivity index (χ1v) is 11.0. The molecule has 7 heteroatoms. The second-order valence-electron chi connectivity index (χ2n) is 7.67. The topological polar surface area (TPSA) is 58.4 Å². The Hall–Kier alpha value is -1.70. The summed E-state index contributed by atoms with van der Waals surface area (Å²) in [5, 5.41) is 4.25. The van der Waals surface area contributed by atoms with Crippen LogP contribution in [-0.2, 0) is 29.0 Å². The van der Waals surface area contributed by atoms with Gasteiger partial charge >= 0.3 is 0 Å². The van der Waals surface area contributed by atoms with Crippen molar-refractivity contribution in [3.05, 3.63) is 53.9 Å². The van der Waals surface area contributed by atoms with Crippen LogP contribution >= 0.6 is 0 Å². The molecule has 140 valence electrons. The molecular formula is C19H26N4O2S. The van der Waals surface area contributed by atoms with Crippen molar-refractivity contribution in [2.75, 3.05) is 25.9 Å². The minimum Gasteiger partial charge on any atom is -0.297 e. The highest BCUT2D eigenvalue weighted by Crippen LogP contribution is 2.46. The SMILES string of the molecule is Cn1cc(CN2CC[C@]3(c4ccccc4)CCN(S(C)(=O)=O)[C@H]3C2)cn1.